The van der Waals surface area contributed by atoms with Gasteiger partial charge in [-0.3, -0.25) is 4.79 Å². The van der Waals surface area contributed by atoms with Crippen LogP contribution in [-0.2, 0) is 22.4 Å². The van der Waals surface area contributed by atoms with E-state index in [9.17, 15) is 9.59 Å². The number of rotatable bonds is 6. The average Bonchev–Trinajstić information content (AvgIpc) is 3.03. The van der Waals surface area contributed by atoms with Crippen LogP contribution in [0.5, 0.6) is 0 Å². The van der Waals surface area contributed by atoms with E-state index in [-0.39, 0.29) is 11.9 Å². The summed E-state index contributed by atoms with van der Waals surface area (Å²) in [5.41, 5.74) is 3.83. The quantitative estimate of drug-likeness (QED) is 0.481. The van der Waals surface area contributed by atoms with Crippen molar-refractivity contribution in [3.05, 3.63) is 57.5 Å². The molecular formula is C24H29NO3S. The molecule has 154 valence electrons. The van der Waals surface area contributed by atoms with Crippen LogP contribution in [0.3, 0.4) is 0 Å². The van der Waals surface area contributed by atoms with Crippen molar-refractivity contribution >= 4 is 34.3 Å². The molecule has 0 aliphatic heterocycles. The molecule has 1 aromatic carbocycles. The van der Waals surface area contributed by atoms with Crippen molar-refractivity contribution in [2.75, 3.05) is 11.9 Å². The van der Waals surface area contributed by atoms with Crippen LogP contribution in [-0.4, -0.2) is 18.5 Å². The average molecular weight is 412 g/mol. The summed E-state index contributed by atoms with van der Waals surface area (Å²) in [6, 6.07) is 8.17. The normalized spacial score (nSPS) is 16.1. The van der Waals surface area contributed by atoms with Gasteiger partial charge in [0.1, 0.15) is 5.00 Å². The lowest BCUT2D eigenvalue weighted by Gasteiger charge is -2.18. The van der Waals surface area contributed by atoms with E-state index in [0.717, 1.165) is 30.4 Å². The molecule has 1 N–H and O–H groups in total. The van der Waals surface area contributed by atoms with E-state index < -0.39 is 0 Å². The number of anilines is 1. The molecule has 0 radical (unpaired) electrons. The maximum atomic E-state index is 12.5. The number of hydrogen-bond donors (Lipinski definition) is 1. The lowest BCUT2D eigenvalue weighted by atomic mass is 9.88. The van der Waals surface area contributed by atoms with Crippen molar-refractivity contribution < 1.29 is 14.3 Å². The van der Waals surface area contributed by atoms with Crippen molar-refractivity contribution in [1.82, 2.24) is 0 Å². The molecule has 3 rings (SSSR count). The van der Waals surface area contributed by atoms with Crippen LogP contribution < -0.4 is 5.32 Å². The summed E-state index contributed by atoms with van der Waals surface area (Å²) in [5.74, 6) is 0.483. The number of ether oxygens (including phenoxy) is 1. The van der Waals surface area contributed by atoms with Gasteiger partial charge in [0.15, 0.2) is 0 Å². The second kappa shape index (κ2) is 9.40. The Labute approximate surface area is 177 Å². The predicted octanol–water partition coefficient (Wildman–Crippen LogP) is 5.82. The minimum absolute atomic E-state index is 0.241. The molecule has 0 fully saturated rings. The molecule has 1 aliphatic carbocycles. The van der Waals surface area contributed by atoms with Gasteiger partial charge in [0.2, 0.25) is 5.91 Å². The number of esters is 1. The molecule has 1 heterocycles. The third-order valence-electron chi connectivity index (χ3n) is 5.26. The van der Waals surface area contributed by atoms with Crippen LogP contribution >= 0.6 is 11.3 Å². The third kappa shape index (κ3) is 5.15. The first kappa shape index (κ1) is 21.3. The Bertz CT molecular complexity index is 909. The highest BCUT2D eigenvalue weighted by Gasteiger charge is 2.28. The highest BCUT2D eigenvalue weighted by Crippen LogP contribution is 2.40. The molecule has 29 heavy (non-hydrogen) atoms. The lowest BCUT2D eigenvalue weighted by Crippen LogP contribution is -2.15. The van der Waals surface area contributed by atoms with E-state index in [1.54, 1.807) is 13.0 Å². The summed E-state index contributed by atoms with van der Waals surface area (Å²) in [7, 11) is 0. The summed E-state index contributed by atoms with van der Waals surface area (Å²) in [5, 5.41) is 3.52. The van der Waals surface area contributed by atoms with Gasteiger partial charge in [-0.05, 0) is 60.8 Å². The Hall–Kier alpha value is -2.40. The van der Waals surface area contributed by atoms with Crippen LogP contribution in [0, 0.1) is 5.92 Å². The molecule has 5 heteroatoms. The van der Waals surface area contributed by atoms with Gasteiger partial charge in [-0.2, -0.15) is 0 Å². The lowest BCUT2D eigenvalue weighted by molar-refractivity contribution is -0.111. The fraction of sp³-hybridized carbons (Fsp3) is 0.417. The van der Waals surface area contributed by atoms with Gasteiger partial charge in [-0.25, -0.2) is 4.79 Å². The molecular weight excluding hydrogens is 382 g/mol. The molecule has 1 aromatic heterocycles. The van der Waals surface area contributed by atoms with E-state index in [2.05, 4.69) is 38.2 Å². The van der Waals surface area contributed by atoms with E-state index in [4.69, 9.17) is 4.74 Å². The molecule has 1 aliphatic rings. The number of fused-ring (bicyclic) bond motifs is 1. The maximum absolute atomic E-state index is 12.5. The Kier molecular flexibility index (Phi) is 6.91. The molecule has 2 aromatic rings. The minimum Gasteiger partial charge on any atom is -0.462 e. The van der Waals surface area contributed by atoms with Gasteiger partial charge in [-0.15, -0.1) is 11.3 Å². The summed E-state index contributed by atoms with van der Waals surface area (Å²) in [6.45, 7) is 8.64. The smallest absolute Gasteiger partial charge is 0.341 e. The molecule has 0 saturated heterocycles. The van der Waals surface area contributed by atoms with E-state index in [1.165, 1.54) is 27.9 Å². The van der Waals surface area contributed by atoms with Crippen molar-refractivity contribution in [3.8, 4) is 0 Å². The Morgan fingerprint density at radius 2 is 2.00 bits per heavy atom. The first-order valence-electron chi connectivity index (χ1n) is 10.3. The zero-order valence-electron chi connectivity index (χ0n) is 17.6. The third-order valence-corrected chi connectivity index (χ3v) is 6.43. The van der Waals surface area contributed by atoms with Gasteiger partial charge in [0.05, 0.1) is 12.2 Å². The van der Waals surface area contributed by atoms with Crippen LogP contribution in [0.15, 0.2) is 30.3 Å². The Balaban J connectivity index is 1.78. The van der Waals surface area contributed by atoms with Crippen molar-refractivity contribution in [1.29, 1.82) is 0 Å². The number of carbonyl (C=O) groups is 2. The molecule has 0 spiro atoms. The van der Waals surface area contributed by atoms with Gasteiger partial charge in [0, 0.05) is 11.0 Å². The number of thiophene rings is 1. The van der Waals surface area contributed by atoms with Crippen LogP contribution in [0.4, 0.5) is 5.00 Å². The highest BCUT2D eigenvalue weighted by atomic mass is 32.1. The molecule has 0 saturated carbocycles. The van der Waals surface area contributed by atoms with Crippen LogP contribution in [0.1, 0.15) is 72.0 Å². The first-order valence-corrected chi connectivity index (χ1v) is 11.1. The van der Waals surface area contributed by atoms with Crippen molar-refractivity contribution in [3.63, 3.8) is 0 Å². The number of carbonyl (C=O) groups excluding carboxylic acids is 2. The Morgan fingerprint density at radius 3 is 2.66 bits per heavy atom. The SMILES string of the molecule is CCOC(=O)c1c(NC(=O)/C=C/c2ccc(C(C)C)cc2)sc2c1CCC(C)C2. The van der Waals surface area contributed by atoms with Crippen molar-refractivity contribution in [2.24, 2.45) is 5.92 Å². The fourth-order valence-electron chi connectivity index (χ4n) is 3.58. The van der Waals surface area contributed by atoms with Gasteiger partial charge < -0.3 is 10.1 Å². The van der Waals surface area contributed by atoms with E-state index >= 15 is 0 Å². The predicted molar refractivity (Wildman–Crippen MR) is 120 cm³/mol. The monoisotopic (exact) mass is 411 g/mol. The van der Waals surface area contributed by atoms with Gasteiger partial charge >= 0.3 is 5.97 Å². The summed E-state index contributed by atoms with van der Waals surface area (Å²) >= 11 is 1.51. The maximum Gasteiger partial charge on any atom is 0.341 e. The highest BCUT2D eigenvalue weighted by molar-refractivity contribution is 7.17. The second-order valence-corrected chi connectivity index (χ2v) is 9.03. The van der Waals surface area contributed by atoms with Crippen LogP contribution in [0.25, 0.3) is 6.08 Å². The zero-order valence-corrected chi connectivity index (χ0v) is 18.4. The first-order chi connectivity index (χ1) is 13.9. The fourth-order valence-corrected chi connectivity index (χ4v) is 4.98. The molecule has 1 unspecified atom stereocenters. The number of benzene rings is 1. The molecule has 1 atom stereocenters. The van der Waals surface area contributed by atoms with E-state index in [1.807, 2.05) is 12.1 Å². The minimum atomic E-state index is -0.344. The topological polar surface area (TPSA) is 55.4 Å². The largest absolute Gasteiger partial charge is 0.462 e. The zero-order chi connectivity index (χ0) is 21.0. The summed E-state index contributed by atoms with van der Waals surface area (Å²) in [6.07, 6.45) is 6.16. The molecule has 4 nitrogen and oxygen atoms in total. The Morgan fingerprint density at radius 1 is 1.28 bits per heavy atom. The van der Waals surface area contributed by atoms with Gasteiger partial charge in [0.25, 0.3) is 0 Å². The molecule has 0 bridgehead atoms. The summed E-state index contributed by atoms with van der Waals surface area (Å²) < 4.78 is 5.26. The van der Waals surface area contributed by atoms with Gasteiger partial charge in [-0.1, -0.05) is 45.0 Å². The van der Waals surface area contributed by atoms with Crippen LogP contribution in [0.2, 0.25) is 0 Å². The molecule has 1 amide bonds. The number of amides is 1. The number of hydrogen-bond acceptors (Lipinski definition) is 4. The number of nitrogens with one attached hydrogen (secondary N) is 1. The standard InChI is InChI=1S/C24H29NO3S/c1-5-28-24(27)22-19-12-6-16(4)14-20(19)29-23(22)25-21(26)13-9-17-7-10-18(11-8-17)15(2)3/h7-11,13,15-16H,5-6,12,14H2,1-4H3,(H,25,26)/b13-9+. The second-order valence-electron chi connectivity index (χ2n) is 7.92. The van der Waals surface area contributed by atoms with Crippen molar-refractivity contribution in [2.45, 2.75) is 52.9 Å². The van der Waals surface area contributed by atoms with E-state index in [0.29, 0.717) is 29.0 Å². The summed E-state index contributed by atoms with van der Waals surface area (Å²) in [4.78, 5) is 26.3.